The van der Waals surface area contributed by atoms with Crippen molar-refractivity contribution in [3.8, 4) is 0 Å². The topological polar surface area (TPSA) is 118 Å². The van der Waals surface area contributed by atoms with Crippen molar-refractivity contribution >= 4 is 11.9 Å². The molecule has 0 radical (unpaired) electrons. The van der Waals surface area contributed by atoms with Gasteiger partial charge in [0.15, 0.2) is 0 Å². The molecule has 1 rings (SSSR count). The van der Waals surface area contributed by atoms with E-state index in [1.54, 1.807) is 0 Å². The third-order valence-electron chi connectivity index (χ3n) is 1.85. The minimum Gasteiger partial charge on any atom is -0.480 e. The molecule has 4 N–H and O–H groups in total. The van der Waals surface area contributed by atoms with Crippen LogP contribution in [0, 0.1) is 0 Å². The summed E-state index contributed by atoms with van der Waals surface area (Å²) >= 11 is 0. The van der Waals surface area contributed by atoms with Crippen molar-refractivity contribution in [1.29, 1.82) is 0 Å². The molecule has 0 saturated heterocycles. The zero-order valence-electron chi connectivity index (χ0n) is 8.46. The van der Waals surface area contributed by atoms with Crippen LogP contribution in [0.5, 0.6) is 0 Å². The maximum atomic E-state index is 11.4. The van der Waals surface area contributed by atoms with Crippen molar-refractivity contribution in [2.75, 3.05) is 6.54 Å². The number of nitrogens with zero attached hydrogens (tertiary/aromatic N) is 2. The first-order chi connectivity index (χ1) is 7.61. The van der Waals surface area contributed by atoms with Gasteiger partial charge >= 0.3 is 5.97 Å². The van der Waals surface area contributed by atoms with E-state index in [0.29, 0.717) is 0 Å². The van der Waals surface area contributed by atoms with Crippen LogP contribution in [0.15, 0.2) is 18.6 Å². The second-order valence-electron chi connectivity index (χ2n) is 3.08. The number of aliphatic carboxylic acids is 1. The highest BCUT2D eigenvalue weighted by atomic mass is 16.4. The Morgan fingerprint density at radius 1 is 1.50 bits per heavy atom. The fourth-order valence-electron chi connectivity index (χ4n) is 0.972. The summed E-state index contributed by atoms with van der Waals surface area (Å²) in [5.41, 5.74) is 5.45. The number of rotatable bonds is 5. The van der Waals surface area contributed by atoms with E-state index >= 15 is 0 Å². The number of carboxylic acid groups (broad SMARTS) is 1. The number of carboxylic acids is 1. The van der Waals surface area contributed by atoms with Crippen LogP contribution >= 0.6 is 0 Å². The molecule has 7 nitrogen and oxygen atoms in total. The van der Waals surface area contributed by atoms with Crippen LogP contribution in [-0.4, -0.2) is 39.5 Å². The quantitative estimate of drug-likeness (QED) is 0.590. The Bertz CT molecular complexity index is 368. The van der Waals surface area contributed by atoms with Gasteiger partial charge in [0.25, 0.3) is 5.91 Å². The van der Waals surface area contributed by atoms with Gasteiger partial charge in [-0.3, -0.25) is 14.6 Å². The summed E-state index contributed by atoms with van der Waals surface area (Å²) < 4.78 is 0. The van der Waals surface area contributed by atoms with E-state index in [1.807, 2.05) is 0 Å². The lowest BCUT2D eigenvalue weighted by Gasteiger charge is -2.07. The summed E-state index contributed by atoms with van der Waals surface area (Å²) in [4.78, 5) is 29.3. The molecule has 1 aromatic heterocycles. The van der Waals surface area contributed by atoms with Gasteiger partial charge in [-0.2, -0.15) is 0 Å². The molecule has 0 bridgehead atoms. The van der Waals surface area contributed by atoms with Crippen molar-refractivity contribution in [3.05, 3.63) is 24.3 Å². The van der Waals surface area contributed by atoms with Crippen molar-refractivity contribution < 1.29 is 14.7 Å². The molecule has 0 aliphatic carbocycles. The molecule has 1 aromatic rings. The molecule has 0 saturated carbocycles. The highest BCUT2D eigenvalue weighted by Crippen LogP contribution is 1.91. The lowest BCUT2D eigenvalue weighted by atomic mass is 10.2. The predicted molar refractivity (Wildman–Crippen MR) is 54.6 cm³/mol. The Balaban J connectivity index is 2.34. The van der Waals surface area contributed by atoms with Gasteiger partial charge in [-0.15, -0.1) is 0 Å². The largest absolute Gasteiger partial charge is 0.480 e. The fraction of sp³-hybridized carbons (Fsp3) is 0.333. The van der Waals surface area contributed by atoms with E-state index in [-0.39, 0.29) is 18.7 Å². The molecule has 1 heterocycles. The molecular formula is C9H12N4O3. The van der Waals surface area contributed by atoms with E-state index in [0.717, 1.165) is 0 Å². The van der Waals surface area contributed by atoms with Gasteiger partial charge < -0.3 is 16.2 Å². The summed E-state index contributed by atoms with van der Waals surface area (Å²) in [7, 11) is 0. The van der Waals surface area contributed by atoms with Gasteiger partial charge in [0.1, 0.15) is 11.7 Å². The monoisotopic (exact) mass is 224 g/mol. The third-order valence-corrected chi connectivity index (χ3v) is 1.85. The molecule has 16 heavy (non-hydrogen) atoms. The van der Waals surface area contributed by atoms with Crippen LogP contribution in [0.25, 0.3) is 0 Å². The molecule has 86 valence electrons. The van der Waals surface area contributed by atoms with E-state index in [9.17, 15) is 9.59 Å². The molecule has 0 fully saturated rings. The first-order valence-corrected chi connectivity index (χ1v) is 4.64. The van der Waals surface area contributed by atoms with Gasteiger partial charge in [0.05, 0.1) is 6.20 Å². The maximum Gasteiger partial charge on any atom is 0.320 e. The summed E-state index contributed by atoms with van der Waals surface area (Å²) in [5.74, 6) is -1.49. The Kier molecular flexibility index (Phi) is 4.34. The van der Waals surface area contributed by atoms with Gasteiger partial charge in [0, 0.05) is 18.9 Å². The SMILES string of the molecule is NC(CCNC(=O)c1cnccn1)C(=O)O. The number of nitrogens with one attached hydrogen (secondary N) is 1. The summed E-state index contributed by atoms with van der Waals surface area (Å²) in [6.07, 6.45) is 4.35. The highest BCUT2D eigenvalue weighted by Gasteiger charge is 2.12. The Hall–Kier alpha value is -2.02. The van der Waals surface area contributed by atoms with Crippen LogP contribution in [-0.2, 0) is 4.79 Å². The fourth-order valence-corrected chi connectivity index (χ4v) is 0.972. The zero-order chi connectivity index (χ0) is 12.0. The van der Waals surface area contributed by atoms with Gasteiger partial charge in [-0.05, 0) is 6.42 Å². The average molecular weight is 224 g/mol. The maximum absolute atomic E-state index is 11.4. The molecule has 0 spiro atoms. The van der Waals surface area contributed by atoms with E-state index < -0.39 is 17.9 Å². The molecule has 1 atom stereocenters. The number of carbonyl (C=O) groups is 2. The van der Waals surface area contributed by atoms with E-state index in [1.165, 1.54) is 18.6 Å². The molecule has 7 heteroatoms. The molecule has 0 aliphatic rings. The van der Waals surface area contributed by atoms with Crippen molar-refractivity contribution in [2.45, 2.75) is 12.5 Å². The molecule has 0 aliphatic heterocycles. The van der Waals surface area contributed by atoms with Crippen LogP contribution in [0.3, 0.4) is 0 Å². The van der Waals surface area contributed by atoms with Crippen LogP contribution < -0.4 is 11.1 Å². The van der Waals surface area contributed by atoms with Gasteiger partial charge in [-0.25, -0.2) is 4.98 Å². The Labute approximate surface area is 91.7 Å². The second-order valence-corrected chi connectivity index (χ2v) is 3.08. The standard InChI is InChI=1S/C9H12N4O3/c10-6(9(15)16)1-2-13-8(14)7-5-11-3-4-12-7/h3-6H,1-2,10H2,(H,13,14)(H,15,16). The summed E-state index contributed by atoms with van der Waals surface area (Å²) in [6, 6.07) is -0.970. The molecule has 0 aromatic carbocycles. The normalized spacial score (nSPS) is 11.8. The van der Waals surface area contributed by atoms with E-state index in [2.05, 4.69) is 15.3 Å². The molecule has 1 amide bonds. The van der Waals surface area contributed by atoms with E-state index in [4.69, 9.17) is 10.8 Å². The third kappa shape index (κ3) is 3.62. The summed E-state index contributed by atoms with van der Waals surface area (Å²) in [6.45, 7) is 0.183. The smallest absolute Gasteiger partial charge is 0.320 e. The second kappa shape index (κ2) is 5.76. The number of hydrogen-bond acceptors (Lipinski definition) is 5. The van der Waals surface area contributed by atoms with Gasteiger partial charge in [-0.1, -0.05) is 0 Å². The van der Waals surface area contributed by atoms with Crippen LogP contribution in [0.2, 0.25) is 0 Å². The first-order valence-electron chi connectivity index (χ1n) is 4.64. The van der Waals surface area contributed by atoms with Crippen LogP contribution in [0.4, 0.5) is 0 Å². The Morgan fingerprint density at radius 3 is 2.81 bits per heavy atom. The highest BCUT2D eigenvalue weighted by molar-refractivity contribution is 5.91. The number of aromatic nitrogens is 2. The number of nitrogens with two attached hydrogens (primary N) is 1. The van der Waals surface area contributed by atoms with Gasteiger partial charge in [0.2, 0.25) is 0 Å². The summed E-state index contributed by atoms with van der Waals surface area (Å²) in [5, 5.41) is 11.0. The number of amides is 1. The molecule has 1 unspecified atom stereocenters. The molecular weight excluding hydrogens is 212 g/mol. The van der Waals surface area contributed by atoms with Crippen molar-refractivity contribution in [2.24, 2.45) is 5.73 Å². The minimum absolute atomic E-state index is 0.168. The minimum atomic E-state index is -1.09. The van der Waals surface area contributed by atoms with Crippen molar-refractivity contribution in [1.82, 2.24) is 15.3 Å². The number of carbonyl (C=O) groups excluding carboxylic acids is 1. The zero-order valence-corrected chi connectivity index (χ0v) is 8.46. The average Bonchev–Trinajstić information content (AvgIpc) is 2.29. The first kappa shape index (κ1) is 12.1. The van der Waals surface area contributed by atoms with Crippen molar-refractivity contribution in [3.63, 3.8) is 0 Å². The Morgan fingerprint density at radius 2 is 2.25 bits per heavy atom. The number of hydrogen-bond donors (Lipinski definition) is 3. The predicted octanol–water partition coefficient (Wildman–Crippen LogP) is -0.992. The lowest BCUT2D eigenvalue weighted by molar-refractivity contribution is -0.138. The lowest BCUT2D eigenvalue weighted by Crippen LogP contribution is -2.35. The van der Waals surface area contributed by atoms with Crippen LogP contribution in [0.1, 0.15) is 16.9 Å².